The third-order valence-electron chi connectivity index (χ3n) is 8.66. The van der Waals surface area contributed by atoms with Crippen LogP contribution in [0.15, 0.2) is 84.9 Å². The van der Waals surface area contributed by atoms with Gasteiger partial charge in [0, 0.05) is 39.3 Å². The Morgan fingerprint density at radius 2 is 1.26 bits per heavy atom. The molecule has 0 atom stereocenters. The maximum Gasteiger partial charge on any atom is 0.365 e. The molecule has 216 valence electrons. The van der Waals surface area contributed by atoms with Gasteiger partial charge in [-0.1, -0.05) is 90.1 Å². The fourth-order valence-electron chi connectivity index (χ4n) is 6.17. The number of hydrogen-bond donors (Lipinski definition) is 3. The zero-order chi connectivity index (χ0) is 30.6. The molecule has 1 aliphatic rings. The maximum absolute atomic E-state index is 12.2. The summed E-state index contributed by atoms with van der Waals surface area (Å²) < 4.78 is 2.33. The van der Waals surface area contributed by atoms with Crippen molar-refractivity contribution in [2.75, 3.05) is 4.90 Å². The molecule has 3 nitrogen and oxygen atoms in total. The van der Waals surface area contributed by atoms with Crippen molar-refractivity contribution >= 4 is 69.1 Å². The normalized spacial score (nSPS) is 13.0. The summed E-state index contributed by atoms with van der Waals surface area (Å²) in [7, 11) is 0. The molecule has 1 aromatic heterocycles. The molecule has 6 rings (SSSR count). The average molecular weight is 593 g/mol. The minimum absolute atomic E-state index is 0.0297. The first-order valence-electron chi connectivity index (χ1n) is 14.5. The molecular formula is C36H41BN2OS2. The molecule has 5 aromatic rings. The second-order valence-electron chi connectivity index (χ2n) is 13.3. The highest BCUT2D eigenvalue weighted by Crippen LogP contribution is 2.39. The zero-order valence-corrected chi connectivity index (χ0v) is 27.7. The minimum atomic E-state index is -0.755. The van der Waals surface area contributed by atoms with E-state index in [-0.39, 0.29) is 10.8 Å². The molecule has 0 radical (unpaired) electrons. The van der Waals surface area contributed by atoms with E-state index < -0.39 is 6.92 Å². The summed E-state index contributed by atoms with van der Waals surface area (Å²) in [5.74, 6) is 0. The van der Waals surface area contributed by atoms with E-state index in [0.29, 0.717) is 0 Å². The van der Waals surface area contributed by atoms with Gasteiger partial charge in [-0.3, -0.25) is 0 Å². The van der Waals surface area contributed by atoms with Crippen LogP contribution in [0, 0.1) is 13.8 Å². The van der Waals surface area contributed by atoms with Gasteiger partial charge in [-0.15, -0.1) is 23.3 Å². The van der Waals surface area contributed by atoms with E-state index in [2.05, 4.69) is 173 Å². The number of rotatable bonds is 2. The van der Waals surface area contributed by atoms with Gasteiger partial charge in [0.2, 0.25) is 0 Å². The van der Waals surface area contributed by atoms with Crippen LogP contribution in [0.4, 0.5) is 17.1 Å². The van der Waals surface area contributed by atoms with Crippen LogP contribution in [-0.4, -0.2) is 16.5 Å². The fourth-order valence-corrected chi connectivity index (χ4v) is 6.17. The molecule has 0 unspecified atom stereocenters. The van der Waals surface area contributed by atoms with Gasteiger partial charge in [0.25, 0.3) is 0 Å². The third kappa shape index (κ3) is 5.08. The second-order valence-corrected chi connectivity index (χ2v) is 13.3. The van der Waals surface area contributed by atoms with Gasteiger partial charge in [0.1, 0.15) is 0 Å². The van der Waals surface area contributed by atoms with E-state index in [1.807, 2.05) is 0 Å². The Balaban J connectivity index is 0.00000173. The van der Waals surface area contributed by atoms with E-state index in [1.54, 1.807) is 0 Å². The first kappa shape index (κ1) is 30.4. The maximum atomic E-state index is 12.2. The van der Waals surface area contributed by atoms with Crippen molar-refractivity contribution in [3.8, 4) is 5.69 Å². The number of para-hydroxylation sites is 1. The summed E-state index contributed by atoms with van der Waals surface area (Å²) in [6, 6.07) is 30.5. The summed E-state index contributed by atoms with van der Waals surface area (Å²) in [6.07, 6.45) is 0. The van der Waals surface area contributed by atoms with Crippen molar-refractivity contribution in [2.24, 2.45) is 0 Å². The Kier molecular flexibility index (Phi) is 8.12. The number of aryl methyl sites for hydroxylation is 1. The van der Waals surface area contributed by atoms with Crippen molar-refractivity contribution in [2.45, 2.75) is 66.2 Å². The highest BCUT2D eigenvalue weighted by molar-refractivity contribution is 8.59. The topological polar surface area (TPSA) is 28.4 Å². The van der Waals surface area contributed by atoms with Gasteiger partial charge < -0.3 is 14.5 Å². The smallest absolute Gasteiger partial charge is 0.365 e. The highest BCUT2D eigenvalue weighted by Gasteiger charge is 2.37. The summed E-state index contributed by atoms with van der Waals surface area (Å²) in [6.45, 7) is 17.0. The van der Waals surface area contributed by atoms with E-state index >= 15 is 0 Å². The standard InChI is InChI=1S/C36H39BN2O.H2S2/c1-23-24(2)38(30-13-10-9-12-28(23)30)32-14-11-15-33-34(32)37(40)29-22-26(36(6,7)8)18-21-31(29)39(33)27-19-16-25(17-20-27)35(3,4)5;1-2/h9-22,40H,1-8H3;1-2H. The summed E-state index contributed by atoms with van der Waals surface area (Å²) in [5, 5.41) is 13.4. The van der Waals surface area contributed by atoms with Crippen molar-refractivity contribution in [3.63, 3.8) is 0 Å². The Hall–Kier alpha value is -3.06. The number of fused-ring (bicyclic) bond motifs is 3. The average Bonchev–Trinajstić information content (AvgIpc) is 3.22. The van der Waals surface area contributed by atoms with E-state index in [9.17, 15) is 5.02 Å². The summed E-state index contributed by atoms with van der Waals surface area (Å²) in [5.41, 5.74) is 12.2. The summed E-state index contributed by atoms with van der Waals surface area (Å²) in [4.78, 5) is 2.33. The Morgan fingerprint density at radius 3 is 1.90 bits per heavy atom. The predicted molar refractivity (Wildman–Crippen MR) is 190 cm³/mol. The zero-order valence-electron chi connectivity index (χ0n) is 25.9. The SMILES string of the molecule is Cc1c(C)n(-c2cccc3c2B(O)c2cc(C(C)(C)C)ccc2N3c2ccc(C(C)(C)C)cc2)c2ccccc12.SS. The van der Waals surface area contributed by atoms with Crippen molar-refractivity contribution in [1.29, 1.82) is 0 Å². The van der Waals surface area contributed by atoms with Crippen molar-refractivity contribution in [3.05, 3.63) is 107 Å². The number of benzene rings is 4. The second kappa shape index (κ2) is 11.2. The predicted octanol–water partition coefficient (Wildman–Crippen LogP) is 8.48. The molecule has 0 fully saturated rings. The Morgan fingerprint density at radius 1 is 0.667 bits per heavy atom. The van der Waals surface area contributed by atoms with Gasteiger partial charge >= 0.3 is 6.92 Å². The lowest BCUT2D eigenvalue weighted by Gasteiger charge is -2.37. The number of anilines is 3. The number of nitrogens with zero attached hydrogens (tertiary/aromatic N) is 2. The van der Waals surface area contributed by atoms with Gasteiger partial charge in [0.05, 0.1) is 5.52 Å². The minimum Gasteiger partial charge on any atom is -0.443 e. The number of hydrogen-bond acceptors (Lipinski definition) is 4. The van der Waals surface area contributed by atoms with Gasteiger partial charge in [-0.05, 0) is 83.2 Å². The lowest BCUT2D eigenvalue weighted by Crippen LogP contribution is -2.52. The van der Waals surface area contributed by atoms with Crippen LogP contribution in [0.2, 0.25) is 0 Å². The lowest BCUT2D eigenvalue weighted by molar-refractivity contribution is 0.588. The number of thiol groups is 2. The van der Waals surface area contributed by atoms with Crippen LogP contribution >= 0.6 is 23.3 Å². The Bertz CT molecular complexity index is 1760. The molecule has 1 N–H and O–H groups in total. The van der Waals surface area contributed by atoms with E-state index in [0.717, 1.165) is 39.2 Å². The molecule has 4 aromatic carbocycles. The van der Waals surface area contributed by atoms with Crippen LogP contribution in [0.3, 0.4) is 0 Å². The molecule has 0 amide bonds. The number of aromatic nitrogens is 1. The van der Waals surface area contributed by atoms with Crippen LogP contribution in [0.25, 0.3) is 16.6 Å². The molecule has 0 spiro atoms. The lowest BCUT2D eigenvalue weighted by atomic mass is 9.51. The quantitative estimate of drug-likeness (QED) is 0.109. The first-order valence-corrected chi connectivity index (χ1v) is 16.1. The Labute approximate surface area is 261 Å². The fraction of sp³-hybridized carbons (Fsp3) is 0.278. The van der Waals surface area contributed by atoms with E-state index in [1.165, 1.54) is 27.8 Å². The molecule has 0 saturated heterocycles. The van der Waals surface area contributed by atoms with Crippen LogP contribution in [-0.2, 0) is 10.8 Å². The largest absolute Gasteiger partial charge is 0.443 e. The first-order chi connectivity index (χ1) is 19.9. The van der Waals surface area contributed by atoms with Crippen LogP contribution < -0.4 is 15.8 Å². The van der Waals surface area contributed by atoms with Crippen LogP contribution in [0.1, 0.15) is 63.9 Å². The third-order valence-corrected chi connectivity index (χ3v) is 8.66. The van der Waals surface area contributed by atoms with Crippen LogP contribution in [0.5, 0.6) is 0 Å². The molecule has 0 saturated carbocycles. The molecular weight excluding hydrogens is 551 g/mol. The molecule has 42 heavy (non-hydrogen) atoms. The highest BCUT2D eigenvalue weighted by atomic mass is 33.1. The van der Waals surface area contributed by atoms with Gasteiger partial charge in [-0.25, -0.2) is 0 Å². The van der Waals surface area contributed by atoms with Gasteiger partial charge in [-0.2, -0.15) is 0 Å². The molecule has 6 heteroatoms. The van der Waals surface area contributed by atoms with Crippen molar-refractivity contribution in [1.82, 2.24) is 4.57 Å². The summed E-state index contributed by atoms with van der Waals surface area (Å²) >= 11 is 6.44. The molecule has 1 aliphatic heterocycles. The monoisotopic (exact) mass is 592 g/mol. The molecule has 0 bridgehead atoms. The van der Waals surface area contributed by atoms with E-state index in [4.69, 9.17) is 0 Å². The van der Waals surface area contributed by atoms with Crippen molar-refractivity contribution < 1.29 is 5.02 Å². The molecule has 0 aliphatic carbocycles. The van der Waals surface area contributed by atoms with Gasteiger partial charge in [0.15, 0.2) is 0 Å². The molecule has 2 heterocycles.